The topological polar surface area (TPSA) is 43.8 Å². The number of halogens is 1. The first-order chi connectivity index (χ1) is 7.75. The minimum absolute atomic E-state index is 0.724. The van der Waals surface area contributed by atoms with Crippen LogP contribution in [0.5, 0.6) is 0 Å². The number of anilines is 1. The Hall–Kier alpha value is -1.48. The van der Waals surface area contributed by atoms with E-state index in [2.05, 4.69) is 5.10 Å². The van der Waals surface area contributed by atoms with Gasteiger partial charge in [0.1, 0.15) is 5.82 Å². The summed E-state index contributed by atoms with van der Waals surface area (Å²) in [5.74, 6) is 0.773. The van der Waals surface area contributed by atoms with Gasteiger partial charge in [0.05, 0.1) is 11.4 Å². The average molecular weight is 234 g/mol. The fourth-order valence-corrected chi connectivity index (χ4v) is 2.32. The lowest BCUT2D eigenvalue weighted by Gasteiger charge is -2.05. The molecule has 0 amide bonds. The van der Waals surface area contributed by atoms with Crippen LogP contribution < -0.4 is 5.73 Å². The molecule has 1 aromatic heterocycles. The van der Waals surface area contributed by atoms with Crippen molar-refractivity contribution in [2.24, 2.45) is 0 Å². The summed E-state index contributed by atoms with van der Waals surface area (Å²) in [4.78, 5) is 0. The van der Waals surface area contributed by atoms with Crippen LogP contribution in [0.25, 0.3) is 5.69 Å². The Balaban J connectivity index is 2.10. The molecule has 0 atom stereocenters. The first kappa shape index (κ1) is 9.73. The molecule has 0 spiro atoms. The summed E-state index contributed by atoms with van der Waals surface area (Å²) in [5.41, 5.74) is 9.42. The quantitative estimate of drug-likeness (QED) is 0.823. The van der Waals surface area contributed by atoms with Gasteiger partial charge in [0.25, 0.3) is 0 Å². The first-order valence-corrected chi connectivity index (χ1v) is 5.75. The Morgan fingerprint density at radius 2 is 1.94 bits per heavy atom. The molecule has 1 aliphatic rings. The van der Waals surface area contributed by atoms with Crippen LogP contribution in [-0.2, 0) is 12.8 Å². The number of hydrogen-bond acceptors (Lipinski definition) is 2. The van der Waals surface area contributed by atoms with Gasteiger partial charge >= 0.3 is 0 Å². The highest BCUT2D eigenvalue weighted by molar-refractivity contribution is 6.30. The van der Waals surface area contributed by atoms with Gasteiger partial charge in [-0.05, 0) is 43.5 Å². The van der Waals surface area contributed by atoms with E-state index in [1.54, 1.807) is 4.68 Å². The summed E-state index contributed by atoms with van der Waals surface area (Å²) in [7, 11) is 0. The van der Waals surface area contributed by atoms with E-state index in [9.17, 15) is 0 Å². The number of aryl methyl sites for hydroxylation is 1. The van der Waals surface area contributed by atoms with Crippen LogP contribution in [0.1, 0.15) is 17.7 Å². The van der Waals surface area contributed by atoms with Gasteiger partial charge < -0.3 is 5.73 Å². The van der Waals surface area contributed by atoms with Crippen LogP contribution in [0.4, 0.5) is 5.82 Å². The van der Waals surface area contributed by atoms with Crippen LogP contribution in [0.2, 0.25) is 5.02 Å². The summed E-state index contributed by atoms with van der Waals surface area (Å²) < 4.78 is 1.81. The van der Waals surface area contributed by atoms with Gasteiger partial charge in [-0.25, -0.2) is 4.68 Å². The minimum atomic E-state index is 0.724. The molecule has 1 heterocycles. The number of rotatable bonds is 1. The summed E-state index contributed by atoms with van der Waals surface area (Å²) in [5, 5.41) is 5.26. The second kappa shape index (κ2) is 3.52. The summed E-state index contributed by atoms with van der Waals surface area (Å²) in [6, 6.07) is 7.56. The lowest BCUT2D eigenvalue weighted by atomic mass is 10.2. The van der Waals surface area contributed by atoms with E-state index < -0.39 is 0 Å². The third-order valence-corrected chi connectivity index (χ3v) is 3.27. The van der Waals surface area contributed by atoms with E-state index in [1.165, 1.54) is 12.0 Å². The van der Waals surface area contributed by atoms with Crippen molar-refractivity contribution in [1.82, 2.24) is 9.78 Å². The monoisotopic (exact) mass is 233 g/mol. The summed E-state index contributed by atoms with van der Waals surface area (Å²) in [6.45, 7) is 0. The Bertz CT molecular complexity index is 528. The van der Waals surface area contributed by atoms with Crippen molar-refractivity contribution < 1.29 is 0 Å². The van der Waals surface area contributed by atoms with Crippen LogP contribution in [0.3, 0.4) is 0 Å². The summed E-state index contributed by atoms with van der Waals surface area (Å²) in [6.07, 6.45) is 3.26. The standard InChI is InChI=1S/C12H12ClN3/c13-8-4-6-9(7-5-8)16-12(14)10-2-1-3-11(10)15-16/h4-7H,1-3,14H2. The van der Waals surface area contributed by atoms with E-state index >= 15 is 0 Å². The molecule has 0 fully saturated rings. The van der Waals surface area contributed by atoms with E-state index in [4.69, 9.17) is 17.3 Å². The molecule has 0 radical (unpaired) electrons. The number of nitrogens with zero attached hydrogens (tertiary/aromatic N) is 2. The maximum absolute atomic E-state index is 6.09. The molecule has 4 heteroatoms. The van der Waals surface area contributed by atoms with Gasteiger partial charge in [0.15, 0.2) is 0 Å². The molecule has 0 unspecified atom stereocenters. The predicted octanol–water partition coefficient (Wildman–Crippen LogP) is 2.60. The first-order valence-electron chi connectivity index (χ1n) is 5.38. The molecule has 0 saturated heterocycles. The maximum atomic E-state index is 6.09. The van der Waals surface area contributed by atoms with E-state index in [-0.39, 0.29) is 0 Å². The number of hydrogen-bond donors (Lipinski definition) is 1. The molecule has 1 aromatic carbocycles. The van der Waals surface area contributed by atoms with Crippen molar-refractivity contribution in [3.05, 3.63) is 40.5 Å². The van der Waals surface area contributed by atoms with Gasteiger partial charge in [-0.2, -0.15) is 5.10 Å². The predicted molar refractivity (Wildman–Crippen MR) is 65.0 cm³/mol. The molecule has 2 N–H and O–H groups in total. The summed E-state index contributed by atoms with van der Waals surface area (Å²) >= 11 is 5.85. The van der Waals surface area contributed by atoms with Crippen LogP contribution in [0, 0.1) is 0 Å². The van der Waals surface area contributed by atoms with Crippen molar-refractivity contribution in [2.75, 3.05) is 5.73 Å². The van der Waals surface area contributed by atoms with E-state index in [0.717, 1.165) is 35.1 Å². The lowest BCUT2D eigenvalue weighted by molar-refractivity contribution is 0.808. The Morgan fingerprint density at radius 1 is 1.19 bits per heavy atom. The highest BCUT2D eigenvalue weighted by atomic mass is 35.5. The third kappa shape index (κ3) is 1.39. The molecule has 16 heavy (non-hydrogen) atoms. The maximum Gasteiger partial charge on any atom is 0.130 e. The van der Waals surface area contributed by atoms with Crippen LogP contribution in [0.15, 0.2) is 24.3 Å². The molecule has 0 saturated carbocycles. The largest absolute Gasteiger partial charge is 0.383 e. The average Bonchev–Trinajstić information content (AvgIpc) is 2.84. The zero-order valence-corrected chi connectivity index (χ0v) is 9.54. The molecule has 3 rings (SSSR count). The molecule has 1 aliphatic carbocycles. The number of benzene rings is 1. The Kier molecular flexibility index (Phi) is 2.14. The van der Waals surface area contributed by atoms with Crippen molar-refractivity contribution in [1.29, 1.82) is 0 Å². The van der Waals surface area contributed by atoms with Crippen molar-refractivity contribution in [3.8, 4) is 5.69 Å². The lowest BCUT2D eigenvalue weighted by Crippen LogP contribution is -2.03. The second-order valence-corrected chi connectivity index (χ2v) is 4.49. The Morgan fingerprint density at radius 3 is 2.62 bits per heavy atom. The molecular formula is C12H12ClN3. The zero-order chi connectivity index (χ0) is 11.1. The van der Waals surface area contributed by atoms with Gasteiger partial charge in [-0.15, -0.1) is 0 Å². The van der Waals surface area contributed by atoms with Crippen molar-refractivity contribution >= 4 is 17.4 Å². The van der Waals surface area contributed by atoms with Crippen LogP contribution in [-0.4, -0.2) is 9.78 Å². The fraction of sp³-hybridized carbons (Fsp3) is 0.250. The smallest absolute Gasteiger partial charge is 0.130 e. The number of nitrogen functional groups attached to an aromatic ring is 1. The number of nitrogens with two attached hydrogens (primary N) is 1. The molecular weight excluding hydrogens is 222 g/mol. The van der Waals surface area contributed by atoms with E-state index in [1.807, 2.05) is 24.3 Å². The van der Waals surface area contributed by atoms with Gasteiger partial charge in [-0.1, -0.05) is 11.6 Å². The van der Waals surface area contributed by atoms with E-state index in [0.29, 0.717) is 0 Å². The molecule has 0 aliphatic heterocycles. The fourth-order valence-electron chi connectivity index (χ4n) is 2.20. The molecule has 2 aromatic rings. The highest BCUT2D eigenvalue weighted by Crippen LogP contribution is 2.28. The third-order valence-electron chi connectivity index (χ3n) is 3.02. The molecule has 0 bridgehead atoms. The Labute approximate surface area is 98.8 Å². The molecule has 3 nitrogen and oxygen atoms in total. The highest BCUT2D eigenvalue weighted by Gasteiger charge is 2.20. The number of aromatic nitrogens is 2. The minimum Gasteiger partial charge on any atom is -0.383 e. The number of fused-ring (bicyclic) bond motifs is 1. The van der Waals surface area contributed by atoms with Crippen molar-refractivity contribution in [3.63, 3.8) is 0 Å². The van der Waals surface area contributed by atoms with Gasteiger partial charge in [0.2, 0.25) is 0 Å². The van der Waals surface area contributed by atoms with Crippen LogP contribution >= 0.6 is 11.6 Å². The second-order valence-electron chi connectivity index (χ2n) is 4.05. The zero-order valence-electron chi connectivity index (χ0n) is 8.78. The van der Waals surface area contributed by atoms with Gasteiger partial charge in [-0.3, -0.25) is 0 Å². The normalized spacial score (nSPS) is 14.1. The van der Waals surface area contributed by atoms with Gasteiger partial charge in [0, 0.05) is 10.6 Å². The SMILES string of the molecule is Nc1c2c(nn1-c1ccc(Cl)cc1)CCC2. The van der Waals surface area contributed by atoms with Crippen molar-refractivity contribution in [2.45, 2.75) is 19.3 Å². The molecule has 82 valence electrons.